The highest BCUT2D eigenvalue weighted by molar-refractivity contribution is 4.64. The molecule has 0 atom stereocenters. The Morgan fingerprint density at radius 1 is 0.889 bits per heavy atom. The summed E-state index contributed by atoms with van der Waals surface area (Å²) in [6, 6.07) is 0. The first-order chi connectivity index (χ1) is 4.33. The molecule has 0 aliphatic carbocycles. The van der Waals surface area contributed by atoms with Gasteiger partial charge in [-0.1, -0.05) is 0 Å². The minimum atomic E-state index is 0.719. The summed E-state index contributed by atoms with van der Waals surface area (Å²) in [4.78, 5) is 0. The Labute approximate surface area is 55.9 Å². The fraction of sp³-hybridized carbons (Fsp3) is 0.600. The second-order valence-corrected chi connectivity index (χ2v) is 1.32. The van der Waals surface area contributed by atoms with Gasteiger partial charge in [-0.05, 0) is 19.5 Å². The number of hydrogen-bond donors (Lipinski definition) is 4. The van der Waals surface area contributed by atoms with E-state index in [0.29, 0.717) is 0 Å². The molecular weight excluding hydrogens is 116 g/mol. The number of hydrogen-bond acceptors (Lipinski definition) is 4. The van der Waals surface area contributed by atoms with Crippen molar-refractivity contribution in [3.63, 3.8) is 0 Å². The zero-order valence-electron chi connectivity index (χ0n) is 5.59. The molecule has 56 valence electrons. The number of nitrogens with two attached hydrogens (primary N) is 4. The lowest BCUT2D eigenvalue weighted by molar-refractivity contribution is 0.844. The molecular formula is C5H16N4. The second kappa shape index (κ2) is 15.7. The Morgan fingerprint density at radius 3 is 1.22 bits per heavy atom. The summed E-state index contributed by atoms with van der Waals surface area (Å²) in [6.45, 7) is 1.44. The van der Waals surface area contributed by atoms with Gasteiger partial charge in [-0.15, -0.1) is 0 Å². The molecule has 0 amide bonds. The van der Waals surface area contributed by atoms with Crippen molar-refractivity contribution in [1.29, 1.82) is 0 Å². The van der Waals surface area contributed by atoms with Crippen LogP contribution in [0.15, 0.2) is 12.4 Å². The summed E-state index contributed by atoms with van der Waals surface area (Å²) in [5.41, 5.74) is 19.6. The summed E-state index contributed by atoms with van der Waals surface area (Å²) < 4.78 is 0. The molecule has 0 heterocycles. The van der Waals surface area contributed by atoms with Gasteiger partial charge < -0.3 is 22.9 Å². The molecule has 0 aliphatic heterocycles. The van der Waals surface area contributed by atoms with E-state index in [0.717, 1.165) is 19.5 Å². The van der Waals surface area contributed by atoms with Gasteiger partial charge in [-0.3, -0.25) is 0 Å². The molecule has 0 rings (SSSR count). The van der Waals surface area contributed by atoms with Crippen molar-refractivity contribution in [2.45, 2.75) is 6.42 Å². The van der Waals surface area contributed by atoms with Crippen LogP contribution in [0.3, 0.4) is 0 Å². The van der Waals surface area contributed by atoms with Crippen molar-refractivity contribution in [3.05, 3.63) is 12.4 Å². The average molecular weight is 132 g/mol. The Kier molecular flexibility index (Phi) is 19.4. The first kappa shape index (κ1) is 11.1. The van der Waals surface area contributed by atoms with E-state index in [2.05, 4.69) is 0 Å². The van der Waals surface area contributed by atoms with Crippen LogP contribution in [0.4, 0.5) is 0 Å². The summed E-state index contributed by atoms with van der Waals surface area (Å²) in [5.74, 6) is 0. The molecule has 0 aromatic carbocycles. The lowest BCUT2D eigenvalue weighted by atomic mass is 10.4. The molecule has 0 unspecified atom stereocenters. The van der Waals surface area contributed by atoms with Crippen LogP contribution in [0.25, 0.3) is 0 Å². The summed E-state index contributed by atoms with van der Waals surface area (Å²) >= 11 is 0. The summed E-state index contributed by atoms with van der Waals surface area (Å²) in [7, 11) is 0. The monoisotopic (exact) mass is 132 g/mol. The molecule has 0 aromatic heterocycles. The largest absolute Gasteiger partial charge is 0.403 e. The Bertz CT molecular complexity index is 46.9. The van der Waals surface area contributed by atoms with E-state index in [-0.39, 0.29) is 0 Å². The highest BCUT2D eigenvalue weighted by atomic mass is 14.6. The maximum Gasteiger partial charge on any atom is 0.00957 e. The Hall–Kier alpha value is -0.740. The SMILES string of the molecule is N/C=C/N.NCCCN. The quantitative estimate of drug-likeness (QED) is 0.373. The lowest BCUT2D eigenvalue weighted by Gasteiger charge is -1.81. The van der Waals surface area contributed by atoms with E-state index in [4.69, 9.17) is 22.9 Å². The first-order valence-corrected chi connectivity index (χ1v) is 2.82. The molecule has 0 saturated carbocycles. The predicted molar refractivity (Wildman–Crippen MR) is 40.2 cm³/mol. The van der Waals surface area contributed by atoms with Crippen molar-refractivity contribution in [3.8, 4) is 0 Å². The van der Waals surface area contributed by atoms with Gasteiger partial charge in [0.2, 0.25) is 0 Å². The first-order valence-electron chi connectivity index (χ1n) is 2.82. The van der Waals surface area contributed by atoms with E-state index in [1.54, 1.807) is 0 Å². The predicted octanol–water partition coefficient (Wildman–Crippen LogP) is -1.33. The average Bonchev–Trinajstić information content (AvgIpc) is 1.91. The van der Waals surface area contributed by atoms with Crippen molar-refractivity contribution in [1.82, 2.24) is 0 Å². The second-order valence-electron chi connectivity index (χ2n) is 1.32. The molecule has 0 aliphatic rings. The van der Waals surface area contributed by atoms with E-state index in [9.17, 15) is 0 Å². The Morgan fingerprint density at radius 2 is 1.22 bits per heavy atom. The van der Waals surface area contributed by atoms with Crippen LogP contribution in [0.1, 0.15) is 6.42 Å². The third kappa shape index (κ3) is 39.3. The fourth-order valence-electron chi connectivity index (χ4n) is 0.118. The zero-order chi connectivity index (χ0) is 7.54. The minimum Gasteiger partial charge on any atom is -0.403 e. The molecule has 4 nitrogen and oxygen atoms in total. The van der Waals surface area contributed by atoms with Gasteiger partial charge >= 0.3 is 0 Å². The molecule has 0 saturated heterocycles. The van der Waals surface area contributed by atoms with Crippen molar-refractivity contribution >= 4 is 0 Å². The van der Waals surface area contributed by atoms with Gasteiger partial charge in [0.15, 0.2) is 0 Å². The van der Waals surface area contributed by atoms with E-state index in [1.807, 2.05) is 0 Å². The normalized spacial score (nSPS) is 8.67. The Balaban J connectivity index is 0. The van der Waals surface area contributed by atoms with E-state index >= 15 is 0 Å². The van der Waals surface area contributed by atoms with Crippen LogP contribution in [0.2, 0.25) is 0 Å². The number of rotatable bonds is 2. The molecule has 0 aromatic rings. The molecule has 4 heteroatoms. The molecule has 0 radical (unpaired) electrons. The van der Waals surface area contributed by atoms with Gasteiger partial charge in [0, 0.05) is 12.4 Å². The van der Waals surface area contributed by atoms with Crippen molar-refractivity contribution < 1.29 is 0 Å². The highest BCUT2D eigenvalue weighted by Crippen LogP contribution is 1.58. The third-order valence-electron chi connectivity index (χ3n) is 0.519. The topological polar surface area (TPSA) is 104 Å². The van der Waals surface area contributed by atoms with E-state index in [1.165, 1.54) is 12.4 Å². The summed E-state index contributed by atoms with van der Waals surface area (Å²) in [5, 5.41) is 0. The maximum absolute atomic E-state index is 5.06. The van der Waals surface area contributed by atoms with Crippen LogP contribution in [-0.2, 0) is 0 Å². The van der Waals surface area contributed by atoms with Gasteiger partial charge in [0.05, 0.1) is 0 Å². The molecule has 8 N–H and O–H groups in total. The van der Waals surface area contributed by atoms with Gasteiger partial charge in [-0.25, -0.2) is 0 Å². The highest BCUT2D eigenvalue weighted by Gasteiger charge is 1.67. The third-order valence-corrected chi connectivity index (χ3v) is 0.519. The van der Waals surface area contributed by atoms with Crippen LogP contribution in [0, 0.1) is 0 Å². The van der Waals surface area contributed by atoms with Crippen LogP contribution >= 0.6 is 0 Å². The van der Waals surface area contributed by atoms with Crippen molar-refractivity contribution in [2.24, 2.45) is 22.9 Å². The van der Waals surface area contributed by atoms with Crippen LogP contribution in [-0.4, -0.2) is 13.1 Å². The standard InChI is InChI=1S/C3H10N2.C2H6N2/c4-2-1-3-5;3-1-2-4/h1-5H2;1-2H,3-4H2/b;2-1+. The molecule has 0 fully saturated rings. The van der Waals surface area contributed by atoms with Crippen molar-refractivity contribution in [2.75, 3.05) is 13.1 Å². The fourth-order valence-corrected chi connectivity index (χ4v) is 0.118. The summed E-state index contributed by atoms with van der Waals surface area (Å²) in [6.07, 6.45) is 3.50. The lowest BCUT2D eigenvalue weighted by Crippen LogP contribution is -2.06. The van der Waals surface area contributed by atoms with Crippen LogP contribution < -0.4 is 22.9 Å². The zero-order valence-corrected chi connectivity index (χ0v) is 5.59. The molecule has 0 spiro atoms. The van der Waals surface area contributed by atoms with Crippen LogP contribution in [0.5, 0.6) is 0 Å². The molecule has 9 heavy (non-hydrogen) atoms. The minimum absolute atomic E-state index is 0.719. The smallest absolute Gasteiger partial charge is 0.00957 e. The van der Waals surface area contributed by atoms with E-state index < -0.39 is 0 Å². The maximum atomic E-state index is 5.06. The van der Waals surface area contributed by atoms with Gasteiger partial charge in [0.1, 0.15) is 0 Å². The van der Waals surface area contributed by atoms with Gasteiger partial charge in [0.25, 0.3) is 0 Å². The molecule has 0 bridgehead atoms. The van der Waals surface area contributed by atoms with Gasteiger partial charge in [-0.2, -0.15) is 0 Å².